The van der Waals surface area contributed by atoms with Gasteiger partial charge in [0.05, 0.1) is 0 Å². The van der Waals surface area contributed by atoms with Crippen molar-refractivity contribution in [2.75, 3.05) is 0 Å². The van der Waals surface area contributed by atoms with Crippen molar-refractivity contribution in [1.82, 2.24) is 0 Å². The maximum absolute atomic E-state index is 10.6. The average molecular weight is 243 g/mol. The lowest BCUT2D eigenvalue weighted by Gasteiger charge is -2.07. The van der Waals surface area contributed by atoms with Crippen LogP contribution in [0.4, 0.5) is 0 Å². The lowest BCUT2D eigenvalue weighted by molar-refractivity contribution is -0.107. The predicted octanol–water partition coefficient (Wildman–Crippen LogP) is 4.72. The Kier molecular flexibility index (Phi) is 8.28. The van der Waals surface area contributed by atoms with Crippen molar-refractivity contribution in [3.8, 4) is 0 Å². The number of carbonyl (C=O) groups excluding carboxylic acids is 1. The summed E-state index contributed by atoms with van der Waals surface area (Å²) in [6, 6.07) is 0. The van der Waals surface area contributed by atoms with E-state index < -0.39 is 5.24 Å². The molecule has 0 aliphatic rings. The molecule has 0 aliphatic heterocycles. The van der Waals surface area contributed by atoms with Crippen molar-refractivity contribution in [2.24, 2.45) is 11.8 Å². The van der Waals surface area contributed by atoms with E-state index in [4.69, 9.17) is 11.6 Å². The smallest absolute Gasteiger partial charge is 0.245 e. The first-order valence-corrected chi connectivity index (χ1v) is 6.35. The van der Waals surface area contributed by atoms with Gasteiger partial charge in [0.25, 0.3) is 0 Å². The highest BCUT2D eigenvalue weighted by Crippen LogP contribution is 2.14. The number of halogens is 1. The van der Waals surface area contributed by atoms with Gasteiger partial charge in [0.15, 0.2) is 0 Å². The molecule has 0 fully saturated rings. The fraction of sp³-hybridized carbons (Fsp3) is 0.643. The summed E-state index contributed by atoms with van der Waals surface area (Å²) >= 11 is 5.26. The second kappa shape index (κ2) is 8.58. The zero-order valence-electron chi connectivity index (χ0n) is 10.8. The second-order valence-corrected chi connectivity index (χ2v) is 5.23. The van der Waals surface area contributed by atoms with Crippen molar-refractivity contribution in [2.45, 2.75) is 47.0 Å². The molecule has 1 nitrogen and oxygen atoms in total. The van der Waals surface area contributed by atoms with Gasteiger partial charge in [-0.25, -0.2) is 0 Å². The van der Waals surface area contributed by atoms with Crippen LogP contribution in [0.15, 0.2) is 23.8 Å². The Morgan fingerprint density at radius 1 is 1.25 bits per heavy atom. The highest BCUT2D eigenvalue weighted by molar-refractivity contribution is 6.66. The number of rotatable bonds is 7. The van der Waals surface area contributed by atoms with E-state index in [-0.39, 0.29) is 0 Å². The van der Waals surface area contributed by atoms with Crippen molar-refractivity contribution >= 4 is 16.8 Å². The molecule has 1 unspecified atom stereocenters. The van der Waals surface area contributed by atoms with Crippen LogP contribution in [0.25, 0.3) is 0 Å². The minimum Gasteiger partial charge on any atom is -0.276 e. The van der Waals surface area contributed by atoms with E-state index in [9.17, 15) is 4.79 Å². The molecule has 92 valence electrons. The van der Waals surface area contributed by atoms with Gasteiger partial charge in [-0.05, 0) is 42.4 Å². The SMILES string of the molecule is CC(C=CC(C)CCCC(C)C)=CC(=O)Cl. The third-order valence-electron chi connectivity index (χ3n) is 2.47. The van der Waals surface area contributed by atoms with Crippen LogP contribution in [0.1, 0.15) is 47.0 Å². The zero-order valence-corrected chi connectivity index (χ0v) is 11.6. The Morgan fingerprint density at radius 3 is 2.38 bits per heavy atom. The van der Waals surface area contributed by atoms with Gasteiger partial charge in [-0.15, -0.1) is 0 Å². The molecule has 0 aromatic heterocycles. The van der Waals surface area contributed by atoms with E-state index >= 15 is 0 Å². The minimum absolute atomic E-state index is 0.408. The first-order valence-electron chi connectivity index (χ1n) is 5.97. The van der Waals surface area contributed by atoms with Crippen LogP contribution in [0.5, 0.6) is 0 Å². The highest BCUT2D eigenvalue weighted by Gasteiger charge is 1.99. The van der Waals surface area contributed by atoms with Crippen LogP contribution in [-0.4, -0.2) is 5.24 Å². The number of hydrogen-bond donors (Lipinski definition) is 0. The van der Waals surface area contributed by atoms with E-state index in [0.717, 1.165) is 11.5 Å². The van der Waals surface area contributed by atoms with Crippen LogP contribution >= 0.6 is 11.6 Å². The summed E-state index contributed by atoms with van der Waals surface area (Å²) in [6.45, 7) is 8.59. The fourth-order valence-electron chi connectivity index (χ4n) is 1.49. The molecule has 0 aromatic rings. The van der Waals surface area contributed by atoms with Gasteiger partial charge < -0.3 is 0 Å². The molecule has 0 saturated heterocycles. The maximum Gasteiger partial charge on any atom is 0.245 e. The molecule has 0 rings (SSSR count). The van der Waals surface area contributed by atoms with Gasteiger partial charge in [0.2, 0.25) is 5.24 Å². The average Bonchev–Trinajstić information content (AvgIpc) is 2.13. The maximum atomic E-state index is 10.6. The minimum atomic E-state index is -0.408. The van der Waals surface area contributed by atoms with Crippen molar-refractivity contribution in [3.05, 3.63) is 23.8 Å². The lowest BCUT2D eigenvalue weighted by Crippen LogP contribution is -1.93. The van der Waals surface area contributed by atoms with Gasteiger partial charge in [0, 0.05) is 6.08 Å². The lowest BCUT2D eigenvalue weighted by atomic mass is 9.99. The Balaban J connectivity index is 3.90. The summed E-state index contributed by atoms with van der Waals surface area (Å²) in [5.74, 6) is 1.35. The van der Waals surface area contributed by atoms with E-state index in [0.29, 0.717) is 5.92 Å². The van der Waals surface area contributed by atoms with Crippen molar-refractivity contribution in [1.29, 1.82) is 0 Å². The Bertz CT molecular complexity index is 264. The highest BCUT2D eigenvalue weighted by atomic mass is 35.5. The molecule has 0 spiro atoms. The van der Waals surface area contributed by atoms with E-state index in [1.165, 1.54) is 25.3 Å². The summed E-state index contributed by atoms with van der Waals surface area (Å²) in [6.07, 6.45) is 9.32. The number of hydrogen-bond acceptors (Lipinski definition) is 1. The van der Waals surface area contributed by atoms with Crippen LogP contribution in [0.3, 0.4) is 0 Å². The zero-order chi connectivity index (χ0) is 12.6. The van der Waals surface area contributed by atoms with E-state index in [2.05, 4.69) is 26.8 Å². The van der Waals surface area contributed by atoms with E-state index in [1.54, 1.807) is 0 Å². The first kappa shape index (κ1) is 15.4. The molecular weight excluding hydrogens is 220 g/mol. The normalized spacial score (nSPS) is 14.8. The summed E-state index contributed by atoms with van der Waals surface area (Å²) in [5, 5.41) is -0.408. The molecule has 16 heavy (non-hydrogen) atoms. The summed E-state index contributed by atoms with van der Waals surface area (Å²) in [7, 11) is 0. The third kappa shape index (κ3) is 9.97. The monoisotopic (exact) mass is 242 g/mol. The summed E-state index contributed by atoms with van der Waals surface area (Å²) in [5.41, 5.74) is 0.913. The van der Waals surface area contributed by atoms with Crippen LogP contribution < -0.4 is 0 Å². The number of allylic oxidation sites excluding steroid dienone is 4. The van der Waals surface area contributed by atoms with Gasteiger partial charge in [-0.3, -0.25) is 4.79 Å². The topological polar surface area (TPSA) is 17.1 Å². The third-order valence-corrected chi connectivity index (χ3v) is 2.58. The molecule has 0 N–H and O–H groups in total. The Labute approximate surface area is 105 Å². The van der Waals surface area contributed by atoms with Crippen LogP contribution in [0.2, 0.25) is 0 Å². The fourth-order valence-corrected chi connectivity index (χ4v) is 1.66. The van der Waals surface area contributed by atoms with Crippen LogP contribution in [-0.2, 0) is 4.79 Å². The first-order chi connectivity index (χ1) is 7.41. The molecule has 1 atom stereocenters. The molecule has 0 bridgehead atoms. The molecule has 2 heteroatoms. The summed E-state index contributed by atoms with van der Waals surface area (Å²) in [4.78, 5) is 10.6. The quantitative estimate of drug-likeness (QED) is 0.359. The van der Waals surface area contributed by atoms with Crippen molar-refractivity contribution in [3.63, 3.8) is 0 Å². The molecule has 0 aliphatic carbocycles. The molecule has 0 aromatic carbocycles. The largest absolute Gasteiger partial charge is 0.276 e. The molecule has 0 saturated carbocycles. The second-order valence-electron chi connectivity index (χ2n) is 4.85. The number of carbonyl (C=O) groups is 1. The Morgan fingerprint density at radius 2 is 1.88 bits per heavy atom. The van der Waals surface area contributed by atoms with Crippen molar-refractivity contribution < 1.29 is 4.79 Å². The molecular formula is C14H23ClO. The molecule has 0 heterocycles. The Hall–Kier alpha value is -0.560. The molecule has 0 radical (unpaired) electrons. The van der Waals surface area contributed by atoms with Gasteiger partial charge in [-0.1, -0.05) is 45.8 Å². The van der Waals surface area contributed by atoms with Gasteiger partial charge >= 0.3 is 0 Å². The van der Waals surface area contributed by atoms with Gasteiger partial charge in [-0.2, -0.15) is 0 Å². The molecule has 0 amide bonds. The van der Waals surface area contributed by atoms with Gasteiger partial charge in [0.1, 0.15) is 0 Å². The standard InChI is InChI=1S/C14H23ClO/c1-11(2)6-5-7-12(3)8-9-13(4)10-14(15)16/h8-12H,5-7H2,1-4H3. The predicted molar refractivity (Wildman–Crippen MR) is 71.6 cm³/mol. The summed E-state index contributed by atoms with van der Waals surface area (Å²) < 4.78 is 0. The van der Waals surface area contributed by atoms with E-state index in [1.807, 2.05) is 13.0 Å². The van der Waals surface area contributed by atoms with Crippen LogP contribution in [0, 0.1) is 11.8 Å².